The Kier molecular flexibility index (Phi) is 5.53. The normalized spacial score (nSPS) is 11.7. The first-order valence-corrected chi connectivity index (χ1v) is 8.79. The van der Waals surface area contributed by atoms with Crippen molar-refractivity contribution in [2.45, 2.75) is 12.3 Å². The molecule has 0 aromatic heterocycles. The van der Waals surface area contributed by atoms with Crippen LogP contribution in [0.5, 0.6) is 0 Å². The Morgan fingerprint density at radius 3 is 2.38 bits per heavy atom. The van der Waals surface area contributed by atoms with Gasteiger partial charge in [0, 0.05) is 36.3 Å². The number of nitro groups is 1. The number of halogens is 2. The molecule has 0 N–H and O–H groups in total. The van der Waals surface area contributed by atoms with Crippen LogP contribution in [0.3, 0.4) is 0 Å². The number of nitro benzene ring substituents is 1. The molecule has 0 saturated heterocycles. The molecule has 6 nitrogen and oxygen atoms in total. The summed E-state index contributed by atoms with van der Waals surface area (Å²) < 4.78 is 39.5. The standard InChI is InChI=1S/C15H14ClFN2O4S/c1-18(9-13-14(16)3-2-4-15(13)17)24(22,23)10-11-5-7-12(8-6-11)19(20)21/h2-8H,9-10H2,1H3. The summed E-state index contributed by atoms with van der Waals surface area (Å²) >= 11 is 5.91. The van der Waals surface area contributed by atoms with Crippen LogP contribution in [0.4, 0.5) is 10.1 Å². The SMILES string of the molecule is CN(Cc1c(F)cccc1Cl)S(=O)(=O)Cc1ccc([N+](=O)[O-])cc1. The van der Waals surface area contributed by atoms with E-state index in [1.165, 1.54) is 49.5 Å². The summed E-state index contributed by atoms with van der Waals surface area (Å²) in [7, 11) is -2.42. The van der Waals surface area contributed by atoms with Gasteiger partial charge in [-0.1, -0.05) is 29.8 Å². The molecule has 0 bridgehead atoms. The van der Waals surface area contributed by atoms with Crippen LogP contribution < -0.4 is 0 Å². The van der Waals surface area contributed by atoms with E-state index in [2.05, 4.69) is 0 Å². The molecule has 0 amide bonds. The average Bonchev–Trinajstić information content (AvgIpc) is 2.51. The van der Waals surface area contributed by atoms with Crippen molar-refractivity contribution in [3.8, 4) is 0 Å². The summed E-state index contributed by atoms with van der Waals surface area (Å²) in [6, 6.07) is 9.34. The van der Waals surface area contributed by atoms with Crippen LogP contribution in [0.15, 0.2) is 42.5 Å². The van der Waals surface area contributed by atoms with Gasteiger partial charge in [-0.25, -0.2) is 17.1 Å². The molecule has 2 rings (SSSR count). The Morgan fingerprint density at radius 2 is 1.83 bits per heavy atom. The maximum Gasteiger partial charge on any atom is 0.269 e. The zero-order chi connectivity index (χ0) is 17.9. The van der Waals surface area contributed by atoms with Crippen molar-refractivity contribution >= 4 is 27.3 Å². The first-order valence-electron chi connectivity index (χ1n) is 6.81. The van der Waals surface area contributed by atoms with Gasteiger partial charge in [0.2, 0.25) is 10.0 Å². The van der Waals surface area contributed by atoms with Gasteiger partial charge in [-0.05, 0) is 17.7 Å². The Morgan fingerprint density at radius 1 is 1.21 bits per heavy atom. The van der Waals surface area contributed by atoms with Gasteiger partial charge in [0.25, 0.3) is 5.69 Å². The van der Waals surface area contributed by atoms with E-state index in [0.29, 0.717) is 5.56 Å². The number of rotatable bonds is 6. The highest BCUT2D eigenvalue weighted by atomic mass is 35.5. The van der Waals surface area contributed by atoms with E-state index < -0.39 is 20.8 Å². The third-order valence-electron chi connectivity index (χ3n) is 3.41. The highest BCUT2D eigenvalue weighted by Crippen LogP contribution is 2.22. The van der Waals surface area contributed by atoms with E-state index in [1.54, 1.807) is 0 Å². The molecule has 128 valence electrons. The zero-order valence-corrected chi connectivity index (χ0v) is 14.2. The molecule has 2 aromatic carbocycles. The summed E-state index contributed by atoms with van der Waals surface area (Å²) in [5.74, 6) is -0.937. The predicted molar refractivity (Wildman–Crippen MR) is 88.6 cm³/mol. The van der Waals surface area contributed by atoms with E-state index in [1.807, 2.05) is 0 Å². The first kappa shape index (κ1) is 18.3. The molecular formula is C15H14ClFN2O4S. The number of hydrogen-bond acceptors (Lipinski definition) is 4. The molecule has 0 aliphatic heterocycles. The highest BCUT2D eigenvalue weighted by molar-refractivity contribution is 7.88. The van der Waals surface area contributed by atoms with Crippen LogP contribution in [0, 0.1) is 15.9 Å². The lowest BCUT2D eigenvalue weighted by Gasteiger charge is -2.18. The van der Waals surface area contributed by atoms with Crippen LogP contribution in [0.25, 0.3) is 0 Å². The van der Waals surface area contributed by atoms with Crippen molar-refractivity contribution in [1.29, 1.82) is 0 Å². The average molecular weight is 373 g/mol. The molecule has 24 heavy (non-hydrogen) atoms. The van der Waals surface area contributed by atoms with Crippen molar-refractivity contribution in [1.82, 2.24) is 4.31 Å². The van der Waals surface area contributed by atoms with Gasteiger partial charge in [-0.2, -0.15) is 0 Å². The third kappa shape index (κ3) is 4.28. The van der Waals surface area contributed by atoms with Gasteiger partial charge in [0.05, 0.1) is 10.7 Å². The minimum Gasteiger partial charge on any atom is -0.258 e. The van der Waals surface area contributed by atoms with E-state index in [0.717, 1.165) is 4.31 Å². The number of hydrogen-bond donors (Lipinski definition) is 0. The van der Waals surface area contributed by atoms with E-state index in [4.69, 9.17) is 11.6 Å². The first-order chi connectivity index (χ1) is 11.2. The minimum atomic E-state index is -3.74. The van der Waals surface area contributed by atoms with Gasteiger partial charge in [0.15, 0.2) is 0 Å². The second kappa shape index (κ2) is 7.25. The van der Waals surface area contributed by atoms with E-state index in [-0.39, 0.29) is 28.6 Å². The quantitative estimate of drug-likeness (QED) is 0.575. The Hall–Kier alpha value is -2.03. The summed E-state index contributed by atoms with van der Waals surface area (Å²) in [5.41, 5.74) is 0.365. The van der Waals surface area contributed by atoms with Crippen molar-refractivity contribution in [3.05, 3.63) is 74.5 Å². The monoisotopic (exact) mass is 372 g/mol. The molecule has 0 unspecified atom stereocenters. The van der Waals surface area contributed by atoms with Crippen molar-refractivity contribution in [2.75, 3.05) is 7.05 Å². The molecule has 0 radical (unpaired) electrons. The van der Waals surface area contributed by atoms with Crippen molar-refractivity contribution < 1.29 is 17.7 Å². The molecular weight excluding hydrogens is 359 g/mol. The van der Waals surface area contributed by atoms with Gasteiger partial charge < -0.3 is 0 Å². The molecule has 0 aliphatic carbocycles. The van der Waals surface area contributed by atoms with Crippen molar-refractivity contribution in [2.24, 2.45) is 0 Å². The van der Waals surface area contributed by atoms with Gasteiger partial charge in [0.1, 0.15) is 5.82 Å². The summed E-state index contributed by atoms with van der Waals surface area (Å²) in [6.45, 7) is -0.208. The minimum absolute atomic E-state index is 0.0916. The van der Waals surface area contributed by atoms with E-state index in [9.17, 15) is 22.9 Å². The fourth-order valence-corrected chi connectivity index (χ4v) is 3.42. The van der Waals surface area contributed by atoms with Crippen LogP contribution in [0.1, 0.15) is 11.1 Å². The molecule has 0 saturated carbocycles. The van der Waals surface area contributed by atoms with Gasteiger partial charge >= 0.3 is 0 Å². The lowest BCUT2D eigenvalue weighted by molar-refractivity contribution is -0.384. The lowest BCUT2D eigenvalue weighted by atomic mass is 10.2. The van der Waals surface area contributed by atoms with Crippen molar-refractivity contribution in [3.63, 3.8) is 0 Å². The molecule has 0 atom stereocenters. The maximum atomic E-state index is 13.8. The summed E-state index contributed by atoms with van der Waals surface area (Å²) in [4.78, 5) is 10.0. The lowest BCUT2D eigenvalue weighted by Crippen LogP contribution is -2.28. The molecule has 0 spiro atoms. The summed E-state index contributed by atoms with van der Waals surface area (Å²) in [6.07, 6.45) is 0. The molecule has 9 heteroatoms. The van der Waals surface area contributed by atoms with Crippen LogP contribution in [-0.2, 0) is 22.3 Å². The molecule has 0 heterocycles. The second-order valence-electron chi connectivity index (χ2n) is 5.14. The fraction of sp³-hybridized carbons (Fsp3) is 0.200. The Labute approximate surface area is 143 Å². The summed E-state index contributed by atoms with van der Waals surface area (Å²) in [5, 5.41) is 10.7. The van der Waals surface area contributed by atoms with Gasteiger partial charge in [-0.15, -0.1) is 0 Å². The molecule has 0 fully saturated rings. The Bertz CT molecular complexity index is 836. The molecule has 0 aliphatic rings. The number of non-ortho nitro benzene ring substituents is 1. The predicted octanol–water partition coefficient (Wildman–Crippen LogP) is 3.35. The topological polar surface area (TPSA) is 80.5 Å². The molecule has 2 aromatic rings. The number of nitrogens with zero attached hydrogens (tertiary/aromatic N) is 2. The zero-order valence-electron chi connectivity index (χ0n) is 12.6. The highest BCUT2D eigenvalue weighted by Gasteiger charge is 2.21. The van der Waals surface area contributed by atoms with Gasteiger partial charge in [-0.3, -0.25) is 10.1 Å². The van der Waals surface area contributed by atoms with Crippen LogP contribution in [-0.4, -0.2) is 24.7 Å². The fourth-order valence-electron chi connectivity index (χ4n) is 2.04. The number of sulfonamides is 1. The number of benzene rings is 2. The second-order valence-corrected chi connectivity index (χ2v) is 7.62. The largest absolute Gasteiger partial charge is 0.269 e. The van der Waals surface area contributed by atoms with Crippen LogP contribution >= 0.6 is 11.6 Å². The third-order valence-corrected chi connectivity index (χ3v) is 5.54. The van der Waals surface area contributed by atoms with E-state index >= 15 is 0 Å². The maximum absolute atomic E-state index is 13.8. The Balaban J connectivity index is 2.16. The van der Waals surface area contributed by atoms with Crippen LogP contribution in [0.2, 0.25) is 5.02 Å². The smallest absolute Gasteiger partial charge is 0.258 e.